The summed E-state index contributed by atoms with van der Waals surface area (Å²) in [7, 11) is 0. The molecule has 0 N–H and O–H groups in total. The molecule has 2 aliphatic rings. The molecule has 6 rings (SSSR count). The van der Waals surface area contributed by atoms with Gasteiger partial charge in [-0.3, -0.25) is 0 Å². The molecule has 4 aromatic carbocycles. The Morgan fingerprint density at radius 1 is 0.511 bits per heavy atom. The third kappa shape index (κ3) is 5.67. The van der Waals surface area contributed by atoms with E-state index in [1.807, 2.05) is 0 Å². The first-order chi connectivity index (χ1) is 21.5. The Morgan fingerprint density at radius 2 is 0.889 bits per heavy atom. The Bertz CT molecular complexity index is 1610. The topological polar surface area (TPSA) is 0 Å². The number of hydrogen-bond acceptors (Lipinski definition) is 0. The van der Waals surface area contributed by atoms with Gasteiger partial charge in [0.1, 0.15) is 0 Å². The van der Waals surface area contributed by atoms with E-state index in [-0.39, 0.29) is 10.8 Å². The second-order valence-corrected chi connectivity index (χ2v) is 15.4. The fourth-order valence-corrected chi connectivity index (χ4v) is 8.10. The Morgan fingerprint density at radius 3 is 1.20 bits per heavy atom. The van der Waals surface area contributed by atoms with E-state index in [0.717, 1.165) is 19.3 Å². The molecule has 0 saturated heterocycles. The summed E-state index contributed by atoms with van der Waals surface area (Å²) in [6, 6.07) is 32.7. The lowest BCUT2D eigenvalue weighted by Gasteiger charge is -2.34. The summed E-state index contributed by atoms with van der Waals surface area (Å²) in [4.78, 5) is 0. The smallest absolute Gasteiger partial charge is 0.00946 e. The van der Waals surface area contributed by atoms with Crippen molar-refractivity contribution in [3.05, 3.63) is 129 Å². The van der Waals surface area contributed by atoms with E-state index in [2.05, 4.69) is 159 Å². The van der Waals surface area contributed by atoms with E-state index in [0.29, 0.717) is 17.8 Å². The molecule has 0 nitrogen and oxygen atoms in total. The molecule has 0 radical (unpaired) electrons. The molecule has 0 heterocycles. The summed E-state index contributed by atoms with van der Waals surface area (Å²) >= 11 is 0. The van der Waals surface area contributed by atoms with Crippen LogP contribution in [0.5, 0.6) is 0 Å². The normalized spacial score (nSPS) is 18.3. The molecule has 0 aliphatic heterocycles. The lowest BCUT2D eigenvalue weighted by Crippen LogP contribution is -2.21. The standard InChI is InChI=1S/C45H52/c1-10-29-27-40-36(31-19-23-33(24-20-31)44(4,5)6)15-13-17-38(40)42(29)35(12-3)43-30(11-2)28-41-37(16-14-18-39(41)43)32-21-25-34(26-22-32)45(7,8)9/h13-28,35,42-43H,10-12H2,1-9H3. The van der Waals surface area contributed by atoms with Crippen LogP contribution in [0.1, 0.15) is 127 Å². The SMILES string of the molecule is CCC1=Cc2c(-c3ccc(C(C)(C)C)cc3)cccc2C1C(CC)C1C(CC)=Cc2c(-c3ccc(C(C)(C)C)cc3)cccc21. The molecule has 0 saturated carbocycles. The van der Waals surface area contributed by atoms with Gasteiger partial charge in [-0.1, -0.05) is 177 Å². The van der Waals surface area contributed by atoms with Crippen LogP contribution in [-0.2, 0) is 10.8 Å². The average molecular weight is 593 g/mol. The molecule has 45 heavy (non-hydrogen) atoms. The maximum Gasteiger partial charge on any atom is 0.00946 e. The highest BCUT2D eigenvalue weighted by Crippen LogP contribution is 2.55. The highest BCUT2D eigenvalue weighted by Gasteiger charge is 2.40. The second-order valence-electron chi connectivity index (χ2n) is 15.4. The average Bonchev–Trinajstić information content (AvgIpc) is 3.59. The van der Waals surface area contributed by atoms with Crippen molar-refractivity contribution in [1.82, 2.24) is 0 Å². The molecule has 0 bridgehead atoms. The molecular weight excluding hydrogens is 540 g/mol. The first-order valence-electron chi connectivity index (χ1n) is 17.3. The summed E-state index contributed by atoms with van der Waals surface area (Å²) in [6.07, 6.45) is 8.42. The summed E-state index contributed by atoms with van der Waals surface area (Å²) in [5.74, 6) is 1.38. The van der Waals surface area contributed by atoms with Gasteiger partial charge in [-0.05, 0) is 85.2 Å². The Labute approximate surface area is 273 Å². The highest BCUT2D eigenvalue weighted by molar-refractivity contribution is 5.84. The van der Waals surface area contributed by atoms with Crippen LogP contribution in [0.25, 0.3) is 34.4 Å². The van der Waals surface area contributed by atoms with Crippen LogP contribution in [0, 0.1) is 5.92 Å². The molecule has 232 valence electrons. The van der Waals surface area contributed by atoms with Crippen LogP contribution >= 0.6 is 0 Å². The Balaban J connectivity index is 1.41. The van der Waals surface area contributed by atoms with Crippen LogP contribution in [0.2, 0.25) is 0 Å². The van der Waals surface area contributed by atoms with Crippen molar-refractivity contribution < 1.29 is 0 Å². The van der Waals surface area contributed by atoms with Crippen molar-refractivity contribution in [2.24, 2.45) is 5.92 Å². The Hall–Kier alpha value is -3.64. The van der Waals surface area contributed by atoms with Crippen molar-refractivity contribution in [3.8, 4) is 22.3 Å². The van der Waals surface area contributed by atoms with Crippen LogP contribution < -0.4 is 0 Å². The maximum atomic E-state index is 2.55. The number of allylic oxidation sites excluding steroid dienone is 2. The van der Waals surface area contributed by atoms with Gasteiger partial charge < -0.3 is 0 Å². The lowest BCUT2D eigenvalue weighted by atomic mass is 9.70. The molecule has 0 aromatic heterocycles. The van der Waals surface area contributed by atoms with Gasteiger partial charge >= 0.3 is 0 Å². The van der Waals surface area contributed by atoms with E-state index in [1.54, 1.807) is 11.1 Å². The van der Waals surface area contributed by atoms with Crippen molar-refractivity contribution in [1.29, 1.82) is 0 Å². The van der Waals surface area contributed by atoms with Gasteiger partial charge in [-0.25, -0.2) is 0 Å². The molecule has 0 amide bonds. The zero-order chi connectivity index (χ0) is 32.1. The monoisotopic (exact) mass is 592 g/mol. The van der Waals surface area contributed by atoms with E-state index in [1.165, 1.54) is 55.6 Å². The molecule has 4 aromatic rings. The lowest BCUT2D eigenvalue weighted by molar-refractivity contribution is 0.395. The van der Waals surface area contributed by atoms with Gasteiger partial charge in [0, 0.05) is 11.8 Å². The minimum absolute atomic E-state index is 0.156. The molecule has 2 atom stereocenters. The van der Waals surface area contributed by atoms with Gasteiger partial charge in [0.15, 0.2) is 0 Å². The van der Waals surface area contributed by atoms with Gasteiger partial charge in [0.2, 0.25) is 0 Å². The van der Waals surface area contributed by atoms with Crippen LogP contribution in [0.4, 0.5) is 0 Å². The zero-order valence-electron chi connectivity index (χ0n) is 29.1. The van der Waals surface area contributed by atoms with Gasteiger partial charge in [0.25, 0.3) is 0 Å². The summed E-state index contributed by atoms with van der Waals surface area (Å²) in [5, 5.41) is 0. The molecule has 0 fully saturated rings. The molecule has 0 spiro atoms. The Kier molecular flexibility index (Phi) is 8.32. The minimum Gasteiger partial charge on any atom is -0.0651 e. The van der Waals surface area contributed by atoms with Crippen LogP contribution in [-0.4, -0.2) is 0 Å². The van der Waals surface area contributed by atoms with Crippen molar-refractivity contribution in [2.45, 2.75) is 104 Å². The number of benzene rings is 4. The molecule has 2 aliphatic carbocycles. The maximum absolute atomic E-state index is 2.55. The fourth-order valence-electron chi connectivity index (χ4n) is 8.10. The first kappa shape index (κ1) is 31.3. The van der Waals surface area contributed by atoms with Gasteiger partial charge in [-0.15, -0.1) is 0 Å². The third-order valence-corrected chi connectivity index (χ3v) is 10.7. The molecule has 0 heteroatoms. The molecular formula is C45H52. The van der Waals surface area contributed by atoms with Gasteiger partial charge in [0.05, 0.1) is 0 Å². The van der Waals surface area contributed by atoms with Crippen molar-refractivity contribution in [2.75, 3.05) is 0 Å². The minimum atomic E-state index is 0.156. The second kappa shape index (κ2) is 11.9. The summed E-state index contributed by atoms with van der Waals surface area (Å²) in [5.41, 5.74) is 17.6. The largest absolute Gasteiger partial charge is 0.0651 e. The predicted octanol–water partition coefficient (Wildman–Crippen LogP) is 13.1. The predicted molar refractivity (Wildman–Crippen MR) is 197 cm³/mol. The van der Waals surface area contributed by atoms with E-state index < -0.39 is 0 Å². The highest BCUT2D eigenvalue weighted by atomic mass is 14.4. The van der Waals surface area contributed by atoms with Crippen molar-refractivity contribution >= 4 is 12.2 Å². The van der Waals surface area contributed by atoms with Crippen LogP contribution in [0.3, 0.4) is 0 Å². The fraction of sp³-hybridized carbons (Fsp3) is 0.378. The number of fused-ring (bicyclic) bond motifs is 2. The third-order valence-electron chi connectivity index (χ3n) is 10.7. The van der Waals surface area contributed by atoms with E-state index in [9.17, 15) is 0 Å². The summed E-state index contributed by atoms with van der Waals surface area (Å²) < 4.78 is 0. The zero-order valence-corrected chi connectivity index (χ0v) is 29.1. The van der Waals surface area contributed by atoms with E-state index in [4.69, 9.17) is 0 Å². The number of rotatable bonds is 7. The first-order valence-corrected chi connectivity index (χ1v) is 17.3. The summed E-state index contributed by atoms with van der Waals surface area (Å²) in [6.45, 7) is 20.9. The quantitative estimate of drug-likeness (QED) is 0.200. The van der Waals surface area contributed by atoms with Crippen LogP contribution in [0.15, 0.2) is 96.1 Å². The van der Waals surface area contributed by atoms with Gasteiger partial charge in [-0.2, -0.15) is 0 Å². The number of hydrogen-bond donors (Lipinski definition) is 0. The van der Waals surface area contributed by atoms with E-state index >= 15 is 0 Å². The van der Waals surface area contributed by atoms with Crippen molar-refractivity contribution in [3.63, 3.8) is 0 Å². The molecule has 2 unspecified atom stereocenters.